The lowest BCUT2D eigenvalue weighted by molar-refractivity contribution is 0.538. The van der Waals surface area contributed by atoms with Crippen molar-refractivity contribution in [3.8, 4) is 0 Å². The predicted octanol–water partition coefficient (Wildman–Crippen LogP) is 1.96. The molecule has 0 amide bonds. The molecule has 0 radical (unpaired) electrons. The zero-order valence-electron chi connectivity index (χ0n) is 14.2. The van der Waals surface area contributed by atoms with Crippen molar-refractivity contribution in [2.24, 2.45) is 7.05 Å². The first kappa shape index (κ1) is 17.3. The minimum absolute atomic E-state index is 0.0719. The Morgan fingerprint density at radius 3 is 2.67 bits per heavy atom. The molecule has 3 rings (SSSR count). The molecule has 1 unspecified atom stereocenters. The second-order valence-electron chi connectivity index (χ2n) is 7.07. The smallest absolute Gasteiger partial charge is 0.197 e. The molecule has 1 aliphatic rings. The summed E-state index contributed by atoms with van der Waals surface area (Å²) in [6, 6.07) is 1.84. The summed E-state index contributed by atoms with van der Waals surface area (Å²) in [7, 11) is -1.07. The van der Waals surface area contributed by atoms with Gasteiger partial charge in [-0.05, 0) is 24.2 Å². The molecule has 7 nitrogen and oxygen atoms in total. The standard InChI is InChI=1S/C15H21N5O2S2/c1-15(2,3)13-16-7-5-11(17-13)23-14-19-18-12(20(14)4)10-6-8-24(21,22)9-10/h5,7,10H,6,8-9H2,1-4H3. The van der Waals surface area contributed by atoms with Crippen LogP contribution in [0.15, 0.2) is 22.4 Å². The molecule has 3 heterocycles. The van der Waals surface area contributed by atoms with Crippen LogP contribution in [0.3, 0.4) is 0 Å². The summed E-state index contributed by atoms with van der Waals surface area (Å²) < 4.78 is 25.2. The van der Waals surface area contributed by atoms with Crippen molar-refractivity contribution < 1.29 is 8.42 Å². The van der Waals surface area contributed by atoms with E-state index in [9.17, 15) is 8.42 Å². The Labute approximate surface area is 146 Å². The van der Waals surface area contributed by atoms with E-state index in [4.69, 9.17) is 0 Å². The van der Waals surface area contributed by atoms with Gasteiger partial charge in [-0.2, -0.15) is 0 Å². The van der Waals surface area contributed by atoms with Crippen LogP contribution in [-0.2, 0) is 22.3 Å². The van der Waals surface area contributed by atoms with Crippen molar-refractivity contribution >= 4 is 21.6 Å². The fraction of sp³-hybridized carbons (Fsp3) is 0.600. The van der Waals surface area contributed by atoms with Crippen LogP contribution in [0.25, 0.3) is 0 Å². The van der Waals surface area contributed by atoms with Crippen molar-refractivity contribution in [1.82, 2.24) is 24.7 Å². The molecule has 2 aromatic rings. The molecule has 130 valence electrons. The van der Waals surface area contributed by atoms with Crippen LogP contribution >= 0.6 is 11.8 Å². The highest BCUT2D eigenvalue weighted by molar-refractivity contribution is 7.99. The van der Waals surface area contributed by atoms with Crippen LogP contribution in [0.5, 0.6) is 0 Å². The number of hydrogen-bond acceptors (Lipinski definition) is 7. The number of nitrogens with zero attached hydrogens (tertiary/aromatic N) is 5. The van der Waals surface area contributed by atoms with Crippen molar-refractivity contribution in [3.63, 3.8) is 0 Å². The Hall–Kier alpha value is -1.48. The molecular weight excluding hydrogens is 346 g/mol. The van der Waals surface area contributed by atoms with E-state index in [1.807, 2.05) is 17.7 Å². The van der Waals surface area contributed by atoms with Gasteiger partial charge in [0, 0.05) is 24.6 Å². The zero-order chi connectivity index (χ0) is 17.5. The monoisotopic (exact) mass is 367 g/mol. The number of rotatable bonds is 3. The molecule has 1 fully saturated rings. The average Bonchev–Trinajstić information content (AvgIpc) is 3.02. The van der Waals surface area contributed by atoms with Crippen LogP contribution in [0.2, 0.25) is 0 Å². The Bertz CT molecular complexity index is 855. The van der Waals surface area contributed by atoms with Gasteiger partial charge in [0.15, 0.2) is 15.0 Å². The molecule has 0 saturated carbocycles. The van der Waals surface area contributed by atoms with Gasteiger partial charge in [-0.25, -0.2) is 18.4 Å². The maximum atomic E-state index is 11.7. The molecule has 0 bridgehead atoms. The summed E-state index contributed by atoms with van der Waals surface area (Å²) >= 11 is 1.41. The number of sulfone groups is 1. The molecule has 2 aromatic heterocycles. The molecule has 0 spiro atoms. The summed E-state index contributed by atoms with van der Waals surface area (Å²) in [6.45, 7) is 6.20. The third-order valence-electron chi connectivity index (χ3n) is 3.96. The lowest BCUT2D eigenvalue weighted by atomic mass is 9.96. The molecule has 1 atom stereocenters. The SMILES string of the molecule is Cn1c(Sc2ccnc(C(C)(C)C)n2)nnc1C1CCS(=O)(=O)C1. The lowest BCUT2D eigenvalue weighted by Crippen LogP contribution is -2.15. The van der Waals surface area contributed by atoms with E-state index in [1.54, 1.807) is 6.20 Å². The van der Waals surface area contributed by atoms with E-state index in [1.165, 1.54) is 11.8 Å². The Kier molecular flexibility index (Phi) is 4.41. The van der Waals surface area contributed by atoms with Gasteiger partial charge in [0.05, 0.1) is 11.5 Å². The fourth-order valence-electron chi connectivity index (χ4n) is 2.62. The van der Waals surface area contributed by atoms with E-state index in [2.05, 4.69) is 40.9 Å². The molecule has 1 aliphatic heterocycles. The first-order valence-corrected chi connectivity index (χ1v) is 10.4. The maximum absolute atomic E-state index is 11.7. The van der Waals surface area contributed by atoms with Gasteiger partial charge < -0.3 is 4.57 Å². The summed E-state index contributed by atoms with van der Waals surface area (Å²) in [5.74, 6) is 1.82. The van der Waals surface area contributed by atoms with Crippen LogP contribution in [0.1, 0.15) is 44.8 Å². The summed E-state index contributed by atoms with van der Waals surface area (Å²) in [5.41, 5.74) is -0.125. The van der Waals surface area contributed by atoms with Crippen LogP contribution in [0.4, 0.5) is 0 Å². The van der Waals surface area contributed by atoms with Crippen molar-refractivity contribution in [3.05, 3.63) is 23.9 Å². The third kappa shape index (κ3) is 3.61. The normalized spacial score (nSPS) is 20.4. The second kappa shape index (κ2) is 6.11. The highest BCUT2D eigenvalue weighted by atomic mass is 32.2. The topological polar surface area (TPSA) is 90.6 Å². The van der Waals surface area contributed by atoms with Gasteiger partial charge in [-0.15, -0.1) is 10.2 Å². The van der Waals surface area contributed by atoms with Crippen LogP contribution < -0.4 is 0 Å². The first-order chi connectivity index (χ1) is 11.2. The average molecular weight is 368 g/mol. The second-order valence-corrected chi connectivity index (χ2v) is 10.3. The van der Waals surface area contributed by atoms with E-state index < -0.39 is 9.84 Å². The molecule has 0 aromatic carbocycles. The Morgan fingerprint density at radius 2 is 2.04 bits per heavy atom. The van der Waals surface area contributed by atoms with E-state index in [-0.39, 0.29) is 22.8 Å². The highest BCUT2D eigenvalue weighted by Crippen LogP contribution is 2.31. The third-order valence-corrected chi connectivity index (χ3v) is 6.71. The van der Waals surface area contributed by atoms with Crippen molar-refractivity contribution in [2.45, 2.75) is 48.7 Å². The van der Waals surface area contributed by atoms with Gasteiger partial charge in [0.25, 0.3) is 0 Å². The van der Waals surface area contributed by atoms with E-state index in [0.29, 0.717) is 11.6 Å². The molecule has 24 heavy (non-hydrogen) atoms. The molecule has 0 aliphatic carbocycles. The summed E-state index contributed by atoms with van der Waals surface area (Å²) in [5, 5.41) is 9.93. The number of hydrogen-bond donors (Lipinski definition) is 0. The van der Waals surface area contributed by atoms with E-state index >= 15 is 0 Å². The minimum Gasteiger partial charge on any atom is -0.309 e. The van der Waals surface area contributed by atoms with Gasteiger partial charge in [-0.3, -0.25) is 0 Å². The zero-order valence-corrected chi connectivity index (χ0v) is 15.9. The van der Waals surface area contributed by atoms with Crippen molar-refractivity contribution in [1.29, 1.82) is 0 Å². The summed E-state index contributed by atoms with van der Waals surface area (Å²) in [4.78, 5) is 8.91. The Balaban J connectivity index is 1.83. The Morgan fingerprint density at radius 1 is 1.29 bits per heavy atom. The highest BCUT2D eigenvalue weighted by Gasteiger charge is 2.32. The first-order valence-electron chi connectivity index (χ1n) is 7.77. The molecular formula is C15H21N5O2S2. The molecule has 9 heteroatoms. The fourth-order valence-corrected chi connectivity index (χ4v) is 5.12. The molecule has 0 N–H and O–H groups in total. The quantitative estimate of drug-likeness (QED) is 0.766. The summed E-state index contributed by atoms with van der Waals surface area (Å²) in [6.07, 6.45) is 2.36. The van der Waals surface area contributed by atoms with Gasteiger partial charge in [0.2, 0.25) is 0 Å². The van der Waals surface area contributed by atoms with Gasteiger partial charge >= 0.3 is 0 Å². The van der Waals surface area contributed by atoms with Crippen LogP contribution in [-0.4, -0.2) is 44.7 Å². The van der Waals surface area contributed by atoms with Gasteiger partial charge in [-0.1, -0.05) is 20.8 Å². The predicted molar refractivity (Wildman–Crippen MR) is 91.9 cm³/mol. The molecule has 1 saturated heterocycles. The number of aromatic nitrogens is 5. The van der Waals surface area contributed by atoms with Crippen LogP contribution in [0, 0.1) is 0 Å². The largest absolute Gasteiger partial charge is 0.309 e. The maximum Gasteiger partial charge on any atom is 0.197 e. The van der Waals surface area contributed by atoms with E-state index in [0.717, 1.165) is 16.7 Å². The lowest BCUT2D eigenvalue weighted by Gasteiger charge is -2.16. The van der Waals surface area contributed by atoms with Crippen molar-refractivity contribution in [2.75, 3.05) is 11.5 Å². The van der Waals surface area contributed by atoms with Gasteiger partial charge in [0.1, 0.15) is 16.7 Å². The minimum atomic E-state index is -2.94.